The van der Waals surface area contributed by atoms with E-state index in [0.29, 0.717) is 6.42 Å². The predicted molar refractivity (Wildman–Crippen MR) is 46.2 cm³/mol. The fourth-order valence-electron chi connectivity index (χ4n) is 0.714. The summed E-state index contributed by atoms with van der Waals surface area (Å²) in [7, 11) is 2.82. The van der Waals surface area contributed by atoms with Gasteiger partial charge in [0.2, 0.25) is 0 Å². The van der Waals surface area contributed by atoms with Gasteiger partial charge in [0, 0.05) is 20.6 Å². The minimum Gasteiger partial charge on any atom is -0.652 e. The van der Waals surface area contributed by atoms with Gasteiger partial charge in [-0.1, -0.05) is 6.92 Å². The lowest BCUT2D eigenvalue weighted by molar-refractivity contribution is -0.483. The largest absolute Gasteiger partial charge is 0.652 e. The highest BCUT2D eigenvalue weighted by atomic mass is 17.2. The van der Waals surface area contributed by atoms with Crippen LogP contribution >= 0.6 is 0 Å². The Hall–Kier alpha value is -1.62. The van der Waals surface area contributed by atoms with E-state index in [1.54, 1.807) is 0 Å². The van der Waals surface area contributed by atoms with Gasteiger partial charge in [0.15, 0.2) is 0 Å². The second kappa shape index (κ2) is 13.4. The van der Waals surface area contributed by atoms with E-state index in [9.17, 15) is 0 Å². The molecule has 1 N–H and O–H groups in total. The zero-order valence-corrected chi connectivity index (χ0v) is 10.0. The maximum Gasteiger partial charge on any atom is 0.311 e. The summed E-state index contributed by atoms with van der Waals surface area (Å²) in [6.07, 6.45) is -3.36. The Bertz CT molecular complexity index is 184. The summed E-state index contributed by atoms with van der Waals surface area (Å²) in [6.45, 7) is 1.94. The first-order chi connectivity index (χ1) is 8.21. The van der Waals surface area contributed by atoms with Crippen LogP contribution in [0.2, 0.25) is 0 Å². The molecule has 10 heteroatoms. The summed E-state index contributed by atoms with van der Waals surface area (Å²) in [5, 5.41) is 41.7. The lowest BCUT2D eigenvalue weighted by atomic mass is 10.3. The van der Waals surface area contributed by atoms with Crippen LogP contribution in [-0.2, 0) is 14.4 Å². The maximum absolute atomic E-state index is 8.36. The normalized spacial score (nSPS) is 9.33. The summed E-state index contributed by atoms with van der Waals surface area (Å²) in [5.74, 6) is -1.27. The minimum atomic E-state index is -2.33. The van der Waals surface area contributed by atoms with Crippen LogP contribution in [0.25, 0.3) is 0 Å². The fraction of sp³-hybridized carbons (Fsp3) is 0.750. The molecular formula is C8H14O10-4. The van der Waals surface area contributed by atoms with Crippen molar-refractivity contribution in [2.75, 3.05) is 14.2 Å². The van der Waals surface area contributed by atoms with Crippen LogP contribution in [0.1, 0.15) is 19.8 Å². The van der Waals surface area contributed by atoms with Crippen molar-refractivity contribution < 1.29 is 49.6 Å². The minimum absolute atomic E-state index is 0.497. The number of carboxylic acid groups (broad SMARTS) is 4. The van der Waals surface area contributed by atoms with Crippen molar-refractivity contribution in [2.24, 2.45) is 0 Å². The number of rotatable bonds is 5. The van der Waals surface area contributed by atoms with Crippen molar-refractivity contribution in [2.45, 2.75) is 25.7 Å². The van der Waals surface area contributed by atoms with Crippen molar-refractivity contribution in [1.29, 1.82) is 0 Å². The summed E-state index contributed by atoms with van der Waals surface area (Å²) in [5.41, 5.74) is 0. The molecule has 0 radical (unpaired) electrons. The zero-order valence-electron chi connectivity index (χ0n) is 10.0. The number of ether oxygens (including phenoxy) is 2. The average molecular weight is 270 g/mol. The third-order valence-electron chi connectivity index (χ3n) is 1.32. The molecule has 0 aliphatic carbocycles. The van der Waals surface area contributed by atoms with E-state index in [0.717, 1.165) is 6.42 Å². The van der Waals surface area contributed by atoms with Crippen molar-refractivity contribution >= 4 is 12.3 Å². The van der Waals surface area contributed by atoms with Gasteiger partial charge in [0.25, 0.3) is 0 Å². The molecule has 0 saturated carbocycles. The topological polar surface area (TPSA) is 174 Å². The third kappa shape index (κ3) is 19.9. The van der Waals surface area contributed by atoms with Gasteiger partial charge in [-0.25, -0.2) is 5.26 Å². The molecule has 0 aromatic heterocycles. The molecule has 0 atom stereocenters. The molecular weight excluding hydrogens is 256 g/mol. The molecule has 18 heavy (non-hydrogen) atoms. The maximum atomic E-state index is 8.36. The number of carbonyl (C=O) groups is 2. The number of carbonyl (C=O) groups excluding carboxylic acids is 2. The van der Waals surface area contributed by atoms with E-state index in [2.05, 4.69) is 4.89 Å². The lowest BCUT2D eigenvalue weighted by Gasteiger charge is -2.25. The summed E-state index contributed by atoms with van der Waals surface area (Å²) in [4.78, 5) is 20.7. The highest BCUT2D eigenvalue weighted by Crippen LogP contribution is 2.17. The van der Waals surface area contributed by atoms with Crippen LogP contribution in [0.3, 0.4) is 0 Å². The van der Waals surface area contributed by atoms with Gasteiger partial charge in [0.1, 0.15) is 0 Å². The quantitative estimate of drug-likeness (QED) is 0.297. The molecule has 0 heterocycles. The zero-order chi connectivity index (χ0) is 15.2. The monoisotopic (exact) mass is 270 g/mol. The second-order valence-corrected chi connectivity index (χ2v) is 2.43. The summed E-state index contributed by atoms with van der Waals surface area (Å²) < 4.78 is 9.56. The highest BCUT2D eigenvalue weighted by molar-refractivity contribution is 5.47. The lowest BCUT2D eigenvalue weighted by Crippen LogP contribution is -2.37. The SMILES string of the molecule is CCCC(OC)(OC)OO.O=C([O-])[O-].O=C([O-])[O-]. The van der Waals surface area contributed by atoms with Crippen LogP contribution in [0.5, 0.6) is 0 Å². The van der Waals surface area contributed by atoms with Crippen LogP contribution in [0.4, 0.5) is 9.59 Å². The van der Waals surface area contributed by atoms with E-state index >= 15 is 0 Å². The molecule has 0 fully saturated rings. The number of hydrogen-bond donors (Lipinski definition) is 1. The number of methoxy groups -OCH3 is 2. The molecule has 110 valence electrons. The van der Waals surface area contributed by atoms with Gasteiger partial charge >= 0.3 is 5.97 Å². The molecule has 0 unspecified atom stereocenters. The predicted octanol–water partition coefficient (Wildman–Crippen LogP) is -3.67. The average Bonchev–Trinajstić information content (AvgIpc) is 2.25. The van der Waals surface area contributed by atoms with Crippen LogP contribution < -0.4 is 20.4 Å². The van der Waals surface area contributed by atoms with E-state index < -0.39 is 18.3 Å². The van der Waals surface area contributed by atoms with E-state index in [-0.39, 0.29) is 0 Å². The second-order valence-electron chi connectivity index (χ2n) is 2.43. The summed E-state index contributed by atoms with van der Waals surface area (Å²) >= 11 is 0. The van der Waals surface area contributed by atoms with Gasteiger partial charge in [-0.2, -0.15) is 4.89 Å². The van der Waals surface area contributed by atoms with Gasteiger partial charge in [-0.3, -0.25) is 0 Å². The molecule has 0 bridgehead atoms. The van der Waals surface area contributed by atoms with Crippen LogP contribution in [0.15, 0.2) is 0 Å². The van der Waals surface area contributed by atoms with E-state index in [4.69, 9.17) is 44.7 Å². The molecule has 0 aliphatic rings. The Kier molecular flexibility index (Phi) is 16.2. The Labute approximate surface area is 103 Å². The molecule has 0 amide bonds. The molecule has 0 spiro atoms. The van der Waals surface area contributed by atoms with Gasteiger partial charge < -0.3 is 39.5 Å². The van der Waals surface area contributed by atoms with Gasteiger partial charge in [0.05, 0.1) is 0 Å². The molecule has 0 aromatic carbocycles. The first-order valence-electron chi connectivity index (χ1n) is 4.40. The van der Waals surface area contributed by atoms with Crippen molar-refractivity contribution in [1.82, 2.24) is 0 Å². The Morgan fingerprint density at radius 2 is 1.33 bits per heavy atom. The fourth-order valence-corrected chi connectivity index (χ4v) is 0.714. The molecule has 10 nitrogen and oxygen atoms in total. The summed E-state index contributed by atoms with van der Waals surface area (Å²) in [6, 6.07) is 0. The Morgan fingerprint density at radius 1 is 1.06 bits per heavy atom. The van der Waals surface area contributed by atoms with Crippen molar-refractivity contribution in [3.8, 4) is 0 Å². The Morgan fingerprint density at radius 3 is 1.39 bits per heavy atom. The first kappa shape index (κ1) is 21.6. The number of hydrogen-bond acceptors (Lipinski definition) is 10. The van der Waals surface area contributed by atoms with E-state index in [1.165, 1.54) is 14.2 Å². The molecule has 0 saturated heterocycles. The standard InChI is InChI=1S/C6H14O4.2CH2O3/c1-4-5-6(8-2,9-3)10-7;2*2-1(3)4/h7H,4-5H2,1-3H3;2*(H2,2,3,4)/p-4. The third-order valence-corrected chi connectivity index (χ3v) is 1.32. The molecule has 0 rings (SSSR count). The first-order valence-corrected chi connectivity index (χ1v) is 4.40. The van der Waals surface area contributed by atoms with Crippen molar-refractivity contribution in [3.63, 3.8) is 0 Å². The van der Waals surface area contributed by atoms with Gasteiger partial charge in [-0.05, 0) is 18.7 Å². The molecule has 0 aromatic rings. The smallest absolute Gasteiger partial charge is 0.311 e. The van der Waals surface area contributed by atoms with Crippen LogP contribution in [0, 0.1) is 0 Å². The van der Waals surface area contributed by atoms with E-state index in [1.807, 2.05) is 6.92 Å². The Balaban J connectivity index is -0.000000233. The van der Waals surface area contributed by atoms with Crippen LogP contribution in [-0.4, -0.2) is 37.8 Å². The highest BCUT2D eigenvalue weighted by Gasteiger charge is 2.29. The van der Waals surface area contributed by atoms with Gasteiger partial charge in [-0.15, -0.1) is 0 Å². The molecule has 0 aliphatic heterocycles. The van der Waals surface area contributed by atoms with Crippen molar-refractivity contribution in [3.05, 3.63) is 0 Å².